The highest BCUT2D eigenvalue weighted by molar-refractivity contribution is 5.85. The molecule has 0 bridgehead atoms. The number of halogens is 2. The molecule has 2 rings (SSSR count). The van der Waals surface area contributed by atoms with Crippen molar-refractivity contribution in [2.75, 3.05) is 6.54 Å². The zero-order valence-electron chi connectivity index (χ0n) is 11.0. The molecule has 1 aliphatic heterocycles. The van der Waals surface area contributed by atoms with Crippen LogP contribution >= 0.6 is 24.8 Å². The van der Waals surface area contributed by atoms with E-state index in [4.69, 9.17) is 0 Å². The molecule has 0 unspecified atom stereocenters. The maximum atomic E-state index is 11.9. The van der Waals surface area contributed by atoms with Crippen LogP contribution in [0.3, 0.4) is 0 Å². The van der Waals surface area contributed by atoms with Gasteiger partial charge < -0.3 is 10.6 Å². The molecule has 0 radical (unpaired) electrons. The van der Waals surface area contributed by atoms with E-state index >= 15 is 0 Å². The van der Waals surface area contributed by atoms with Gasteiger partial charge in [-0.3, -0.25) is 9.78 Å². The Morgan fingerprint density at radius 2 is 2.26 bits per heavy atom. The van der Waals surface area contributed by atoms with Crippen LogP contribution in [0, 0.1) is 6.92 Å². The van der Waals surface area contributed by atoms with Crippen molar-refractivity contribution < 1.29 is 4.79 Å². The minimum Gasteiger partial charge on any atom is -0.349 e. The Balaban J connectivity index is 0.00000162. The van der Waals surface area contributed by atoms with Crippen molar-refractivity contribution in [1.82, 2.24) is 15.6 Å². The number of amides is 1. The van der Waals surface area contributed by atoms with Gasteiger partial charge in [0.1, 0.15) is 0 Å². The zero-order valence-corrected chi connectivity index (χ0v) is 12.6. The number of piperidine rings is 1. The average molecular weight is 306 g/mol. The molecule has 0 saturated carbocycles. The molecule has 1 saturated heterocycles. The summed E-state index contributed by atoms with van der Waals surface area (Å²) in [6.07, 6.45) is 5.00. The third kappa shape index (κ3) is 5.35. The first-order chi connectivity index (χ1) is 8.27. The van der Waals surface area contributed by atoms with Gasteiger partial charge in [-0.05, 0) is 37.9 Å². The fraction of sp³-hybridized carbons (Fsp3) is 0.538. The van der Waals surface area contributed by atoms with Crippen LogP contribution in [0.1, 0.15) is 30.5 Å². The number of carbonyl (C=O) groups excluding carboxylic acids is 1. The smallest absolute Gasteiger partial charge is 0.237 e. The largest absolute Gasteiger partial charge is 0.349 e. The van der Waals surface area contributed by atoms with Crippen molar-refractivity contribution in [3.05, 3.63) is 29.6 Å². The maximum absolute atomic E-state index is 11.9. The second-order valence-corrected chi connectivity index (χ2v) is 4.49. The van der Waals surface area contributed by atoms with E-state index in [0.29, 0.717) is 6.54 Å². The second kappa shape index (κ2) is 9.13. The van der Waals surface area contributed by atoms with Gasteiger partial charge in [0.15, 0.2) is 0 Å². The summed E-state index contributed by atoms with van der Waals surface area (Å²) in [4.78, 5) is 16.1. The quantitative estimate of drug-likeness (QED) is 0.898. The lowest BCUT2D eigenvalue weighted by atomic mass is 10.0. The summed E-state index contributed by atoms with van der Waals surface area (Å²) in [5.74, 6) is 0.0924. The van der Waals surface area contributed by atoms with Gasteiger partial charge in [0, 0.05) is 6.20 Å². The summed E-state index contributed by atoms with van der Waals surface area (Å²) in [7, 11) is 0. The number of hydrogen-bond donors (Lipinski definition) is 2. The zero-order chi connectivity index (χ0) is 12.1. The summed E-state index contributed by atoms with van der Waals surface area (Å²) in [5, 5.41) is 6.18. The minimum absolute atomic E-state index is 0. The van der Waals surface area contributed by atoms with Gasteiger partial charge in [0.05, 0.1) is 18.3 Å². The van der Waals surface area contributed by atoms with Crippen LogP contribution in [0.5, 0.6) is 0 Å². The molecule has 108 valence electrons. The van der Waals surface area contributed by atoms with Crippen molar-refractivity contribution in [2.24, 2.45) is 0 Å². The van der Waals surface area contributed by atoms with Crippen molar-refractivity contribution in [3.63, 3.8) is 0 Å². The predicted octanol–water partition coefficient (Wildman–Crippen LogP) is 1.99. The molecular formula is C13H21Cl2N3O. The Kier molecular flexibility index (Phi) is 8.72. The summed E-state index contributed by atoms with van der Waals surface area (Å²) < 4.78 is 0. The Morgan fingerprint density at radius 1 is 1.47 bits per heavy atom. The third-order valence-electron chi connectivity index (χ3n) is 3.17. The molecule has 0 spiro atoms. The Labute approximate surface area is 126 Å². The summed E-state index contributed by atoms with van der Waals surface area (Å²) >= 11 is 0. The molecule has 19 heavy (non-hydrogen) atoms. The molecule has 0 aliphatic carbocycles. The SMILES string of the molecule is Cc1cccnc1CNC(=O)[C@H]1CCCCN1.Cl.Cl. The molecule has 4 nitrogen and oxygen atoms in total. The first-order valence-electron chi connectivity index (χ1n) is 6.19. The number of nitrogens with one attached hydrogen (secondary N) is 2. The first kappa shape index (κ1) is 18.2. The number of nitrogens with zero attached hydrogens (tertiary/aromatic N) is 1. The normalized spacial score (nSPS) is 17.8. The van der Waals surface area contributed by atoms with Crippen molar-refractivity contribution in [3.8, 4) is 0 Å². The molecule has 1 atom stereocenters. The van der Waals surface area contributed by atoms with Crippen molar-refractivity contribution in [2.45, 2.75) is 38.8 Å². The van der Waals surface area contributed by atoms with Gasteiger partial charge >= 0.3 is 0 Å². The van der Waals surface area contributed by atoms with Crippen LogP contribution in [-0.4, -0.2) is 23.5 Å². The predicted molar refractivity (Wildman–Crippen MR) is 81.0 cm³/mol. The summed E-state index contributed by atoms with van der Waals surface area (Å²) in [5.41, 5.74) is 2.06. The monoisotopic (exact) mass is 305 g/mol. The van der Waals surface area contributed by atoms with E-state index in [1.54, 1.807) is 6.20 Å². The van der Waals surface area contributed by atoms with Gasteiger partial charge in [-0.15, -0.1) is 24.8 Å². The van der Waals surface area contributed by atoms with Crippen molar-refractivity contribution in [1.29, 1.82) is 0 Å². The molecule has 1 fully saturated rings. The van der Waals surface area contributed by atoms with Crippen LogP contribution in [-0.2, 0) is 11.3 Å². The topological polar surface area (TPSA) is 54.0 Å². The number of pyridine rings is 1. The molecule has 1 aromatic heterocycles. The van der Waals surface area contributed by atoms with E-state index in [1.165, 1.54) is 6.42 Å². The molecule has 0 aromatic carbocycles. The lowest BCUT2D eigenvalue weighted by molar-refractivity contribution is -0.123. The van der Waals surface area contributed by atoms with E-state index in [2.05, 4.69) is 15.6 Å². The number of aromatic nitrogens is 1. The van der Waals surface area contributed by atoms with Gasteiger partial charge in [0.2, 0.25) is 5.91 Å². The third-order valence-corrected chi connectivity index (χ3v) is 3.17. The Bertz CT molecular complexity index is 395. The molecule has 2 heterocycles. The highest BCUT2D eigenvalue weighted by atomic mass is 35.5. The average Bonchev–Trinajstić information content (AvgIpc) is 2.38. The molecular weight excluding hydrogens is 285 g/mol. The van der Waals surface area contributed by atoms with E-state index < -0.39 is 0 Å². The lowest BCUT2D eigenvalue weighted by Crippen LogP contribution is -2.46. The van der Waals surface area contributed by atoms with Gasteiger partial charge in [-0.1, -0.05) is 12.5 Å². The van der Waals surface area contributed by atoms with E-state index in [9.17, 15) is 4.79 Å². The fourth-order valence-corrected chi connectivity index (χ4v) is 2.07. The minimum atomic E-state index is -0.0206. The highest BCUT2D eigenvalue weighted by Crippen LogP contribution is 2.07. The second-order valence-electron chi connectivity index (χ2n) is 4.49. The molecule has 1 aromatic rings. The Morgan fingerprint density at radius 3 is 2.89 bits per heavy atom. The Hall–Kier alpha value is -0.840. The van der Waals surface area contributed by atoms with Crippen LogP contribution in [0.15, 0.2) is 18.3 Å². The van der Waals surface area contributed by atoms with Crippen LogP contribution in [0.2, 0.25) is 0 Å². The van der Waals surface area contributed by atoms with Crippen LogP contribution in [0.4, 0.5) is 0 Å². The fourth-order valence-electron chi connectivity index (χ4n) is 2.07. The lowest BCUT2D eigenvalue weighted by Gasteiger charge is -2.22. The molecule has 6 heteroatoms. The summed E-state index contributed by atoms with van der Waals surface area (Å²) in [6, 6.07) is 3.89. The van der Waals surface area contributed by atoms with E-state index in [0.717, 1.165) is 30.6 Å². The van der Waals surface area contributed by atoms with Gasteiger partial charge in [-0.25, -0.2) is 0 Å². The molecule has 2 N–H and O–H groups in total. The first-order valence-corrected chi connectivity index (χ1v) is 6.19. The van der Waals surface area contributed by atoms with Crippen LogP contribution < -0.4 is 10.6 Å². The van der Waals surface area contributed by atoms with Crippen molar-refractivity contribution >= 4 is 30.7 Å². The highest BCUT2D eigenvalue weighted by Gasteiger charge is 2.19. The number of rotatable bonds is 3. The maximum Gasteiger partial charge on any atom is 0.237 e. The van der Waals surface area contributed by atoms with Gasteiger partial charge in [0.25, 0.3) is 0 Å². The summed E-state index contributed by atoms with van der Waals surface area (Å²) in [6.45, 7) is 3.47. The number of hydrogen-bond acceptors (Lipinski definition) is 3. The number of carbonyl (C=O) groups is 1. The molecule has 1 amide bonds. The van der Waals surface area contributed by atoms with E-state index in [1.807, 2.05) is 19.1 Å². The molecule has 1 aliphatic rings. The standard InChI is InChI=1S/C13H19N3O.2ClH/c1-10-5-4-8-15-12(10)9-16-13(17)11-6-2-3-7-14-11;;/h4-5,8,11,14H,2-3,6-7,9H2,1H3,(H,16,17);2*1H/t11-;;/m1../s1. The van der Waals surface area contributed by atoms with E-state index in [-0.39, 0.29) is 36.8 Å². The van der Waals surface area contributed by atoms with Gasteiger partial charge in [-0.2, -0.15) is 0 Å². The van der Waals surface area contributed by atoms with Crippen LogP contribution in [0.25, 0.3) is 0 Å². The number of aryl methyl sites for hydroxylation is 1.